The Hall–Kier alpha value is -2.14. The Balaban J connectivity index is 1.63. The molecule has 2 atom stereocenters. The summed E-state index contributed by atoms with van der Waals surface area (Å²) >= 11 is 6.21. The van der Waals surface area contributed by atoms with Gasteiger partial charge < -0.3 is 19.2 Å². The summed E-state index contributed by atoms with van der Waals surface area (Å²) in [5.74, 6) is 1.05. The van der Waals surface area contributed by atoms with Crippen molar-refractivity contribution in [1.82, 2.24) is 0 Å². The molecule has 1 aromatic heterocycles. The van der Waals surface area contributed by atoms with Crippen LogP contribution in [0.1, 0.15) is 19.1 Å². The highest BCUT2D eigenvalue weighted by atomic mass is 35.5. The predicted molar refractivity (Wildman–Crippen MR) is 82.1 cm³/mol. The van der Waals surface area contributed by atoms with E-state index in [0.717, 1.165) is 11.4 Å². The van der Waals surface area contributed by atoms with E-state index in [1.54, 1.807) is 24.5 Å². The Morgan fingerprint density at radius 1 is 1.41 bits per heavy atom. The molecule has 0 bridgehead atoms. The fraction of sp³-hybridized carbons (Fsp3) is 0.312. The molecule has 3 rings (SSSR count). The van der Waals surface area contributed by atoms with E-state index in [9.17, 15) is 4.79 Å². The Labute approximate surface area is 133 Å². The number of hydrogen-bond acceptors (Lipinski definition) is 5. The Morgan fingerprint density at radius 2 is 2.27 bits per heavy atom. The van der Waals surface area contributed by atoms with Gasteiger partial charge in [-0.2, -0.15) is 0 Å². The molecule has 116 valence electrons. The van der Waals surface area contributed by atoms with Gasteiger partial charge in [-0.05, 0) is 37.3 Å². The van der Waals surface area contributed by atoms with Gasteiger partial charge in [-0.3, -0.25) is 0 Å². The van der Waals surface area contributed by atoms with Gasteiger partial charge in [-0.25, -0.2) is 4.79 Å². The summed E-state index contributed by atoms with van der Waals surface area (Å²) in [5.41, 5.74) is 0.756. The molecular formula is C16H16ClNO4. The molecule has 0 spiro atoms. The van der Waals surface area contributed by atoms with Crippen LogP contribution in [0.3, 0.4) is 0 Å². The highest BCUT2D eigenvalue weighted by Gasteiger charge is 2.31. The molecule has 22 heavy (non-hydrogen) atoms. The van der Waals surface area contributed by atoms with Crippen molar-refractivity contribution in [3.8, 4) is 5.75 Å². The molecular weight excluding hydrogens is 306 g/mol. The fourth-order valence-electron chi connectivity index (χ4n) is 2.33. The molecule has 0 unspecified atom stereocenters. The first-order chi connectivity index (χ1) is 10.6. The van der Waals surface area contributed by atoms with E-state index in [0.29, 0.717) is 23.8 Å². The smallest absolute Gasteiger partial charge is 0.328 e. The second kappa shape index (κ2) is 6.32. The molecule has 0 saturated carbocycles. The number of rotatable bonds is 5. The topological polar surface area (TPSA) is 60.7 Å². The first kappa shape index (κ1) is 14.8. The molecule has 0 radical (unpaired) electrons. The molecule has 1 aliphatic rings. The molecule has 6 heteroatoms. The second-order valence-electron chi connectivity index (χ2n) is 5.19. The standard InChI is InChI=1S/C16H16ClNO4/c1-10-7-14(16(19)22-10)18-11-4-5-15(13(17)8-11)21-9-12-3-2-6-20-12/h2-6,8,10,14,18H,7,9H2,1H3/t10-,14+/m1/s1. The minimum absolute atomic E-state index is 0.0589. The van der Waals surface area contributed by atoms with E-state index in [1.807, 2.05) is 19.1 Å². The lowest BCUT2D eigenvalue weighted by molar-refractivity contribution is -0.141. The number of furan rings is 1. The maximum Gasteiger partial charge on any atom is 0.328 e. The summed E-state index contributed by atoms with van der Waals surface area (Å²) in [6.07, 6.45) is 2.18. The van der Waals surface area contributed by atoms with Gasteiger partial charge in [0.15, 0.2) is 0 Å². The molecule has 0 amide bonds. The molecule has 2 aromatic rings. The molecule has 5 nitrogen and oxygen atoms in total. The van der Waals surface area contributed by atoms with Crippen LogP contribution in [-0.2, 0) is 16.1 Å². The Kier molecular flexibility index (Phi) is 4.24. The zero-order valence-electron chi connectivity index (χ0n) is 12.0. The maximum atomic E-state index is 11.6. The SMILES string of the molecule is C[C@@H]1C[C@H](Nc2ccc(OCc3ccco3)c(Cl)c2)C(=O)O1. The second-order valence-corrected chi connectivity index (χ2v) is 5.60. The predicted octanol–water partition coefficient (Wildman–Crippen LogP) is 3.63. The third-order valence-corrected chi connectivity index (χ3v) is 3.69. The Bertz CT molecular complexity index is 656. The average Bonchev–Trinajstić information content (AvgIpc) is 3.08. The monoisotopic (exact) mass is 321 g/mol. The van der Waals surface area contributed by atoms with E-state index < -0.39 is 0 Å². The number of anilines is 1. The minimum Gasteiger partial charge on any atom is -0.484 e. The zero-order chi connectivity index (χ0) is 15.5. The molecule has 0 aliphatic carbocycles. The first-order valence-corrected chi connectivity index (χ1v) is 7.41. The lowest BCUT2D eigenvalue weighted by Crippen LogP contribution is -2.24. The van der Waals surface area contributed by atoms with Gasteiger partial charge in [0.1, 0.15) is 30.3 Å². The summed E-state index contributed by atoms with van der Waals surface area (Å²) in [6.45, 7) is 2.18. The number of carbonyl (C=O) groups excluding carboxylic acids is 1. The van der Waals surface area contributed by atoms with Crippen molar-refractivity contribution in [3.05, 3.63) is 47.4 Å². The number of hydrogen-bond donors (Lipinski definition) is 1. The summed E-state index contributed by atoms with van der Waals surface area (Å²) in [7, 11) is 0. The summed E-state index contributed by atoms with van der Waals surface area (Å²) in [5, 5.41) is 3.59. The third-order valence-electron chi connectivity index (χ3n) is 3.39. The van der Waals surface area contributed by atoms with Gasteiger partial charge in [-0.15, -0.1) is 0 Å². The third kappa shape index (κ3) is 3.36. The Morgan fingerprint density at radius 3 is 2.91 bits per heavy atom. The number of halogens is 1. The highest BCUT2D eigenvalue weighted by Crippen LogP contribution is 2.29. The molecule has 1 N–H and O–H groups in total. The van der Waals surface area contributed by atoms with Crippen molar-refractivity contribution in [2.24, 2.45) is 0 Å². The minimum atomic E-state index is -0.332. The van der Waals surface area contributed by atoms with Crippen LogP contribution in [0.25, 0.3) is 0 Å². The largest absolute Gasteiger partial charge is 0.484 e. The van der Waals surface area contributed by atoms with Crippen LogP contribution in [-0.4, -0.2) is 18.1 Å². The maximum absolute atomic E-state index is 11.6. The fourth-order valence-corrected chi connectivity index (χ4v) is 2.56. The van der Waals surface area contributed by atoms with Gasteiger partial charge in [0, 0.05) is 12.1 Å². The number of esters is 1. The highest BCUT2D eigenvalue weighted by molar-refractivity contribution is 6.32. The number of benzene rings is 1. The quantitative estimate of drug-likeness (QED) is 0.852. The lowest BCUT2D eigenvalue weighted by atomic mass is 10.2. The van der Waals surface area contributed by atoms with E-state index >= 15 is 0 Å². The van der Waals surface area contributed by atoms with Gasteiger partial charge in [0.25, 0.3) is 0 Å². The number of nitrogens with one attached hydrogen (secondary N) is 1. The van der Waals surface area contributed by atoms with Crippen LogP contribution >= 0.6 is 11.6 Å². The number of ether oxygens (including phenoxy) is 2. The number of carbonyl (C=O) groups is 1. The van der Waals surface area contributed by atoms with Gasteiger partial charge in [0.05, 0.1) is 11.3 Å². The normalized spacial score (nSPS) is 20.7. The van der Waals surface area contributed by atoms with Gasteiger partial charge in [-0.1, -0.05) is 11.6 Å². The molecule has 2 heterocycles. The van der Waals surface area contributed by atoms with Gasteiger partial charge >= 0.3 is 5.97 Å². The lowest BCUT2D eigenvalue weighted by Gasteiger charge is -2.12. The molecule has 1 aromatic carbocycles. The van der Waals surface area contributed by atoms with Crippen LogP contribution in [0.4, 0.5) is 5.69 Å². The van der Waals surface area contributed by atoms with Crippen molar-refractivity contribution in [3.63, 3.8) is 0 Å². The van der Waals surface area contributed by atoms with Crippen LogP contribution in [0.2, 0.25) is 5.02 Å². The van der Waals surface area contributed by atoms with E-state index in [2.05, 4.69) is 5.32 Å². The van der Waals surface area contributed by atoms with E-state index in [1.165, 1.54) is 0 Å². The van der Waals surface area contributed by atoms with Crippen molar-refractivity contribution in [1.29, 1.82) is 0 Å². The molecule has 1 aliphatic heterocycles. The van der Waals surface area contributed by atoms with Crippen LogP contribution in [0.5, 0.6) is 5.75 Å². The van der Waals surface area contributed by atoms with Crippen molar-refractivity contribution in [2.45, 2.75) is 32.1 Å². The summed E-state index contributed by atoms with van der Waals surface area (Å²) in [4.78, 5) is 11.6. The number of cyclic esters (lactones) is 1. The van der Waals surface area contributed by atoms with Crippen LogP contribution in [0, 0.1) is 0 Å². The van der Waals surface area contributed by atoms with Crippen molar-refractivity contribution in [2.75, 3.05) is 5.32 Å². The first-order valence-electron chi connectivity index (χ1n) is 7.03. The van der Waals surface area contributed by atoms with E-state index in [-0.39, 0.29) is 18.1 Å². The molecule has 1 saturated heterocycles. The molecule has 1 fully saturated rings. The van der Waals surface area contributed by atoms with Crippen LogP contribution < -0.4 is 10.1 Å². The van der Waals surface area contributed by atoms with Crippen molar-refractivity contribution < 1.29 is 18.7 Å². The van der Waals surface area contributed by atoms with Crippen molar-refractivity contribution >= 4 is 23.3 Å². The average molecular weight is 322 g/mol. The zero-order valence-corrected chi connectivity index (χ0v) is 12.8. The van der Waals surface area contributed by atoms with Crippen LogP contribution in [0.15, 0.2) is 41.0 Å². The van der Waals surface area contributed by atoms with Gasteiger partial charge in [0.2, 0.25) is 0 Å². The summed E-state index contributed by atoms with van der Waals surface area (Å²) in [6, 6.07) is 8.61. The summed E-state index contributed by atoms with van der Waals surface area (Å²) < 4.78 is 15.9. The van der Waals surface area contributed by atoms with E-state index in [4.69, 9.17) is 25.5 Å².